The van der Waals surface area contributed by atoms with E-state index in [1.807, 2.05) is 0 Å². The van der Waals surface area contributed by atoms with Gasteiger partial charge in [0.15, 0.2) is 5.82 Å². The van der Waals surface area contributed by atoms with Crippen LogP contribution in [0.25, 0.3) is 10.9 Å². The van der Waals surface area contributed by atoms with Crippen LogP contribution in [0.15, 0.2) is 46.2 Å². The summed E-state index contributed by atoms with van der Waals surface area (Å²) in [6.07, 6.45) is 5.22. The van der Waals surface area contributed by atoms with Crippen LogP contribution in [-0.4, -0.2) is 43.4 Å². The summed E-state index contributed by atoms with van der Waals surface area (Å²) in [6, 6.07) is 10.3. The minimum absolute atomic E-state index is 0.103. The molecular weight excluding hydrogens is 444 g/mol. The Balaban J connectivity index is 1.64. The van der Waals surface area contributed by atoms with Crippen LogP contribution in [0.3, 0.4) is 0 Å². The van der Waals surface area contributed by atoms with Crippen LogP contribution >= 0.6 is 0 Å². The van der Waals surface area contributed by atoms with E-state index in [-0.39, 0.29) is 35.6 Å². The van der Waals surface area contributed by atoms with Crippen molar-refractivity contribution >= 4 is 32.4 Å². The fourth-order valence-electron chi connectivity index (χ4n) is 4.21. The Morgan fingerprint density at radius 3 is 2.73 bits per heavy atom. The van der Waals surface area contributed by atoms with Crippen molar-refractivity contribution in [3.63, 3.8) is 0 Å². The monoisotopic (exact) mass is 470 g/mol. The summed E-state index contributed by atoms with van der Waals surface area (Å²) in [7, 11) is -2.15. The molecule has 0 spiro atoms. The molecule has 11 heteroatoms. The third-order valence-corrected chi connectivity index (χ3v) is 7.34. The topological polar surface area (TPSA) is 142 Å². The number of rotatable bonds is 8. The van der Waals surface area contributed by atoms with Gasteiger partial charge in [0.2, 0.25) is 10.0 Å². The smallest absolute Gasteiger partial charge is 0.261 e. The zero-order chi connectivity index (χ0) is 23.4. The molecule has 0 bridgehead atoms. The van der Waals surface area contributed by atoms with Crippen molar-refractivity contribution in [2.24, 2.45) is 5.92 Å². The van der Waals surface area contributed by atoms with Gasteiger partial charge in [-0.2, -0.15) is 10.4 Å². The number of benzene rings is 1. The van der Waals surface area contributed by atoms with E-state index in [0.717, 1.165) is 25.7 Å². The zero-order valence-electron chi connectivity index (χ0n) is 18.2. The third kappa shape index (κ3) is 4.78. The number of hydrogen-bond donors (Lipinski definition) is 3. The van der Waals surface area contributed by atoms with E-state index in [1.165, 1.54) is 19.2 Å². The quantitative estimate of drug-likeness (QED) is 0.430. The van der Waals surface area contributed by atoms with E-state index in [2.05, 4.69) is 26.2 Å². The molecule has 10 nitrogen and oxygen atoms in total. The summed E-state index contributed by atoms with van der Waals surface area (Å²) in [6.45, 7) is 0.451. The number of nitrogens with zero attached hydrogens (tertiary/aromatic N) is 3. The van der Waals surface area contributed by atoms with Crippen molar-refractivity contribution in [2.45, 2.75) is 36.6 Å². The number of ether oxygens (including phenoxy) is 1. The second-order valence-electron chi connectivity index (χ2n) is 7.99. The highest BCUT2D eigenvalue weighted by molar-refractivity contribution is 7.89. The van der Waals surface area contributed by atoms with E-state index in [9.17, 15) is 18.5 Å². The summed E-state index contributed by atoms with van der Waals surface area (Å²) in [5.41, 5.74) is 0.961. The summed E-state index contributed by atoms with van der Waals surface area (Å²) >= 11 is 0. The number of fused-ring (bicyclic) bond motifs is 1. The van der Waals surface area contributed by atoms with Gasteiger partial charge in [-0.3, -0.25) is 9.48 Å². The average Bonchev–Trinajstić information content (AvgIpc) is 3.19. The molecule has 174 valence electrons. The summed E-state index contributed by atoms with van der Waals surface area (Å²) in [4.78, 5) is 15.4. The lowest BCUT2D eigenvalue weighted by Crippen LogP contribution is -2.27. The van der Waals surface area contributed by atoms with E-state index in [0.29, 0.717) is 22.4 Å². The lowest BCUT2D eigenvalue weighted by atomic mass is 9.85. The molecule has 1 aliphatic carbocycles. The first-order valence-electron chi connectivity index (χ1n) is 10.8. The summed E-state index contributed by atoms with van der Waals surface area (Å²) in [5.74, 6) is 0.201. The summed E-state index contributed by atoms with van der Waals surface area (Å²) < 4.78 is 33.8. The number of pyridine rings is 1. The third-order valence-electron chi connectivity index (χ3n) is 5.87. The van der Waals surface area contributed by atoms with Crippen LogP contribution < -0.4 is 15.6 Å². The first kappa shape index (κ1) is 23.0. The predicted octanol–water partition coefficient (Wildman–Crippen LogP) is 2.65. The molecule has 0 saturated heterocycles. The molecule has 2 atom stereocenters. The number of anilines is 2. The largest absolute Gasteiger partial charge is 0.383 e. The molecule has 33 heavy (non-hydrogen) atoms. The maximum atomic E-state index is 12.6. The summed E-state index contributed by atoms with van der Waals surface area (Å²) in [5, 5.41) is 17.8. The fourth-order valence-corrected chi connectivity index (χ4v) is 5.22. The Hall–Kier alpha value is -3.20. The second kappa shape index (κ2) is 9.74. The molecule has 0 radical (unpaired) electrons. The number of methoxy groups -OCH3 is 1. The van der Waals surface area contributed by atoms with Gasteiger partial charge in [0.05, 0.1) is 35.0 Å². The molecule has 1 aromatic carbocycles. The number of aromatic nitrogens is 3. The van der Waals surface area contributed by atoms with Crippen molar-refractivity contribution in [1.82, 2.24) is 19.5 Å². The van der Waals surface area contributed by atoms with Gasteiger partial charge in [-0.1, -0.05) is 12.8 Å². The lowest BCUT2D eigenvalue weighted by molar-refractivity contribution is 0.204. The average molecular weight is 471 g/mol. The molecule has 3 aromatic rings. The Morgan fingerprint density at radius 1 is 1.24 bits per heavy atom. The zero-order valence-corrected chi connectivity index (χ0v) is 19.1. The van der Waals surface area contributed by atoms with Crippen LogP contribution in [0.1, 0.15) is 31.7 Å². The Morgan fingerprint density at radius 2 is 2.00 bits per heavy atom. The molecule has 1 saturated carbocycles. The number of hydrogen-bond acceptors (Lipinski definition) is 7. The van der Waals surface area contributed by atoms with Gasteiger partial charge in [-0.15, -0.1) is 0 Å². The number of H-pyrrole nitrogens is 1. The first-order valence-corrected chi connectivity index (χ1v) is 12.3. The van der Waals surface area contributed by atoms with Crippen molar-refractivity contribution in [2.75, 3.05) is 25.6 Å². The molecule has 0 amide bonds. The number of sulfonamides is 1. The maximum Gasteiger partial charge on any atom is 0.261 e. The minimum atomic E-state index is -3.65. The van der Waals surface area contributed by atoms with Gasteiger partial charge in [0, 0.05) is 25.5 Å². The van der Waals surface area contributed by atoms with Crippen molar-refractivity contribution in [1.29, 1.82) is 5.26 Å². The van der Waals surface area contributed by atoms with Crippen LogP contribution in [0.5, 0.6) is 0 Å². The van der Waals surface area contributed by atoms with Crippen LogP contribution in [-0.2, 0) is 14.8 Å². The van der Waals surface area contributed by atoms with Gasteiger partial charge in [-0.25, -0.2) is 13.1 Å². The normalized spacial score (nSPS) is 18.8. The van der Waals surface area contributed by atoms with E-state index in [1.54, 1.807) is 29.1 Å². The highest BCUT2D eigenvalue weighted by Crippen LogP contribution is 2.36. The van der Waals surface area contributed by atoms with Crippen LogP contribution in [0.4, 0.5) is 11.5 Å². The van der Waals surface area contributed by atoms with Crippen molar-refractivity contribution < 1.29 is 13.2 Å². The molecule has 2 aromatic heterocycles. The molecule has 4 rings (SSSR count). The minimum Gasteiger partial charge on any atom is -0.383 e. The van der Waals surface area contributed by atoms with Gasteiger partial charge in [0.25, 0.3) is 5.56 Å². The van der Waals surface area contributed by atoms with E-state index < -0.39 is 10.0 Å². The van der Waals surface area contributed by atoms with Crippen LogP contribution in [0.2, 0.25) is 0 Å². The van der Waals surface area contributed by atoms with E-state index >= 15 is 0 Å². The number of nitriles is 1. The van der Waals surface area contributed by atoms with Gasteiger partial charge in [0.1, 0.15) is 5.39 Å². The lowest BCUT2D eigenvalue weighted by Gasteiger charge is -2.27. The van der Waals surface area contributed by atoms with Crippen molar-refractivity contribution in [3.8, 4) is 6.07 Å². The van der Waals surface area contributed by atoms with Gasteiger partial charge >= 0.3 is 0 Å². The molecule has 3 N–H and O–H groups in total. The molecule has 2 heterocycles. The molecular formula is C22H26N6O4S. The maximum absolute atomic E-state index is 12.6. The Labute approximate surface area is 191 Å². The fraction of sp³-hybridized carbons (Fsp3) is 0.409. The Kier molecular flexibility index (Phi) is 6.78. The van der Waals surface area contributed by atoms with E-state index in [4.69, 9.17) is 4.74 Å². The number of nitrogens with one attached hydrogen (secondary N) is 3. The van der Waals surface area contributed by atoms with Crippen molar-refractivity contribution in [3.05, 3.63) is 46.9 Å². The number of aromatic amines is 1. The van der Waals surface area contributed by atoms with Crippen LogP contribution in [0, 0.1) is 17.2 Å². The highest BCUT2D eigenvalue weighted by Gasteiger charge is 2.29. The standard InChI is InChI=1S/C22H26N6O4S/c1-32-13-12-25-33(30,31)17-8-6-16(7-9-17)26-21-20-19(10-11-24-22(20)29)28(27-21)18-5-3-2-4-15(18)14-23/h6-11,15,18,25H,2-5,12-13H2,1H3,(H,24,29)(H,26,27). The van der Waals surface area contributed by atoms with Gasteiger partial charge in [-0.05, 0) is 43.2 Å². The SMILES string of the molecule is COCCNS(=O)(=O)c1ccc(Nc2nn(C3CCCCC3C#N)c3cc[nH]c(=O)c23)cc1. The molecule has 2 unspecified atom stereocenters. The first-order chi connectivity index (χ1) is 15.9. The van der Waals surface area contributed by atoms with Gasteiger partial charge < -0.3 is 15.0 Å². The highest BCUT2D eigenvalue weighted by atomic mass is 32.2. The Bertz CT molecular complexity index is 1320. The molecule has 1 fully saturated rings. The second-order valence-corrected chi connectivity index (χ2v) is 9.75. The molecule has 1 aliphatic rings. The predicted molar refractivity (Wildman–Crippen MR) is 124 cm³/mol. The molecule has 0 aliphatic heterocycles.